The van der Waals surface area contributed by atoms with Crippen LogP contribution in [-0.4, -0.2) is 50.7 Å². The van der Waals surface area contributed by atoms with Crippen LogP contribution in [0.2, 0.25) is 0 Å². The molecule has 7 nitrogen and oxygen atoms in total. The molecular formula is C30H37N3O4. The summed E-state index contributed by atoms with van der Waals surface area (Å²) in [6, 6.07) is 9.57. The molecule has 1 aliphatic heterocycles. The number of para-hydroxylation sites is 1. The highest BCUT2D eigenvalue weighted by atomic mass is 16.5. The Morgan fingerprint density at radius 2 is 1.97 bits per heavy atom. The molecular weight excluding hydrogens is 466 g/mol. The number of nitrogens with one attached hydrogen (secondary N) is 2. The van der Waals surface area contributed by atoms with E-state index in [1.165, 1.54) is 12.7 Å². The number of fused-ring (bicyclic) bond motifs is 1. The summed E-state index contributed by atoms with van der Waals surface area (Å²) < 4.78 is 16.6. The smallest absolute Gasteiger partial charge is 0.289 e. The van der Waals surface area contributed by atoms with Crippen molar-refractivity contribution in [1.82, 2.24) is 10.2 Å². The molecule has 1 saturated heterocycles. The van der Waals surface area contributed by atoms with E-state index in [1.54, 1.807) is 19.3 Å². The van der Waals surface area contributed by atoms with Gasteiger partial charge in [0.2, 0.25) is 0 Å². The summed E-state index contributed by atoms with van der Waals surface area (Å²) in [6.07, 6.45) is 11.2. The van der Waals surface area contributed by atoms with Crippen molar-refractivity contribution in [2.24, 2.45) is 17.3 Å². The average Bonchev–Trinajstić information content (AvgIpc) is 3.70. The zero-order chi connectivity index (χ0) is 26.4. The van der Waals surface area contributed by atoms with Crippen LogP contribution in [0.1, 0.15) is 25.7 Å². The quantitative estimate of drug-likeness (QED) is 0.124. The van der Waals surface area contributed by atoms with E-state index in [0.29, 0.717) is 48.6 Å². The molecule has 1 saturated carbocycles. The zero-order valence-electron chi connectivity index (χ0n) is 21.8. The molecule has 4 rings (SSSR count). The Kier molecular flexibility index (Phi) is 8.21. The van der Waals surface area contributed by atoms with Crippen LogP contribution in [0.3, 0.4) is 0 Å². The molecule has 1 aromatic carbocycles. The van der Waals surface area contributed by atoms with Crippen LogP contribution in [0.4, 0.5) is 0 Å². The standard InChI is InChI=1S/C30H37N3O4/c1-5-9-25(21(2)35-3)28(34)32-20-30(27-13-12-24(36-4)18-22-19-26(22)27)14-16-33(17-15-30)29(31)37-23-10-7-6-8-11-23/h5-11,13,18,22,26,31H,1-2,12,14-17,19-20H2,3-4H3,(H,32,34)/b25-9+,31-29?. The van der Waals surface area contributed by atoms with Crippen LogP contribution in [0.25, 0.3) is 0 Å². The molecule has 37 heavy (non-hydrogen) atoms. The monoisotopic (exact) mass is 503 g/mol. The van der Waals surface area contributed by atoms with Crippen LogP contribution in [-0.2, 0) is 14.3 Å². The van der Waals surface area contributed by atoms with E-state index in [0.717, 1.165) is 31.4 Å². The maximum absolute atomic E-state index is 13.2. The first kappa shape index (κ1) is 26.3. The maximum Gasteiger partial charge on any atom is 0.289 e. The third-order valence-electron chi connectivity index (χ3n) is 7.67. The van der Waals surface area contributed by atoms with Gasteiger partial charge in [-0.1, -0.05) is 49.1 Å². The molecule has 2 unspecified atom stereocenters. The molecule has 2 fully saturated rings. The molecule has 7 heteroatoms. The minimum Gasteiger partial charge on any atom is -0.501 e. The van der Waals surface area contributed by atoms with Crippen molar-refractivity contribution in [3.05, 3.63) is 90.5 Å². The molecule has 2 aliphatic carbocycles. The number of methoxy groups -OCH3 is 2. The number of carbonyl (C=O) groups is 1. The molecule has 1 heterocycles. The lowest BCUT2D eigenvalue weighted by Gasteiger charge is -2.44. The average molecular weight is 504 g/mol. The van der Waals surface area contributed by atoms with Crippen LogP contribution >= 0.6 is 0 Å². The molecule has 1 aromatic rings. The van der Waals surface area contributed by atoms with E-state index in [-0.39, 0.29) is 17.3 Å². The van der Waals surface area contributed by atoms with Crippen molar-refractivity contribution in [2.45, 2.75) is 25.7 Å². The Labute approximate surface area is 219 Å². The normalized spacial score (nSPS) is 22.3. The molecule has 0 bridgehead atoms. The summed E-state index contributed by atoms with van der Waals surface area (Å²) in [5.41, 5.74) is 1.55. The zero-order valence-corrected chi connectivity index (χ0v) is 21.8. The number of carbonyl (C=O) groups excluding carboxylic acids is 1. The Morgan fingerprint density at radius 3 is 2.62 bits per heavy atom. The number of likely N-dealkylation sites (tertiary alicyclic amines) is 1. The number of amidine groups is 1. The van der Waals surface area contributed by atoms with Crippen molar-refractivity contribution < 1.29 is 19.0 Å². The predicted octanol–water partition coefficient (Wildman–Crippen LogP) is 4.97. The second kappa shape index (κ2) is 11.5. The fourth-order valence-corrected chi connectivity index (χ4v) is 5.42. The summed E-state index contributed by atoms with van der Waals surface area (Å²) >= 11 is 0. The molecule has 2 atom stereocenters. The van der Waals surface area contributed by atoms with E-state index in [2.05, 4.69) is 30.6 Å². The fraction of sp³-hybridized carbons (Fsp3) is 0.400. The summed E-state index contributed by atoms with van der Waals surface area (Å²) in [6.45, 7) is 9.40. The Balaban J connectivity index is 1.52. The number of piperidine rings is 1. The van der Waals surface area contributed by atoms with Gasteiger partial charge in [-0.2, -0.15) is 0 Å². The minimum atomic E-state index is -0.231. The summed E-state index contributed by atoms with van der Waals surface area (Å²) in [4.78, 5) is 15.1. The fourth-order valence-electron chi connectivity index (χ4n) is 5.42. The van der Waals surface area contributed by atoms with Crippen LogP contribution < -0.4 is 10.1 Å². The second-order valence-electron chi connectivity index (χ2n) is 9.82. The van der Waals surface area contributed by atoms with Gasteiger partial charge in [-0.05, 0) is 55.4 Å². The Hall–Kier alpha value is -3.74. The van der Waals surface area contributed by atoms with E-state index >= 15 is 0 Å². The first-order valence-corrected chi connectivity index (χ1v) is 12.8. The third kappa shape index (κ3) is 5.98. The molecule has 0 radical (unpaired) electrons. The van der Waals surface area contributed by atoms with Gasteiger partial charge < -0.3 is 24.4 Å². The number of rotatable bonds is 9. The van der Waals surface area contributed by atoms with Crippen molar-refractivity contribution in [3.63, 3.8) is 0 Å². The van der Waals surface area contributed by atoms with Crippen molar-refractivity contribution >= 4 is 11.9 Å². The summed E-state index contributed by atoms with van der Waals surface area (Å²) in [5, 5.41) is 11.7. The summed E-state index contributed by atoms with van der Waals surface area (Å²) in [7, 11) is 3.23. The lowest BCUT2D eigenvalue weighted by atomic mass is 9.70. The molecule has 1 amide bonds. The SMILES string of the molecule is C=C/C=C(\C(=C)OC)C(=O)NCC1(C2=CCC(OC)=CC3CC23)CCN(C(=N)Oc2ccccc2)CC1. The third-order valence-corrected chi connectivity index (χ3v) is 7.67. The molecule has 0 aromatic heterocycles. The van der Waals surface area contributed by atoms with E-state index in [4.69, 9.17) is 19.6 Å². The van der Waals surface area contributed by atoms with E-state index < -0.39 is 0 Å². The van der Waals surface area contributed by atoms with E-state index in [9.17, 15) is 4.79 Å². The number of benzene rings is 1. The van der Waals surface area contributed by atoms with Gasteiger partial charge in [0.15, 0.2) is 0 Å². The van der Waals surface area contributed by atoms with Gasteiger partial charge >= 0.3 is 0 Å². The highest BCUT2D eigenvalue weighted by molar-refractivity contribution is 5.97. The van der Waals surface area contributed by atoms with Crippen LogP contribution in [0.15, 0.2) is 90.5 Å². The van der Waals surface area contributed by atoms with Gasteiger partial charge in [-0.15, -0.1) is 0 Å². The van der Waals surface area contributed by atoms with Gasteiger partial charge in [-0.25, -0.2) is 0 Å². The number of amides is 1. The van der Waals surface area contributed by atoms with Gasteiger partial charge in [0.25, 0.3) is 11.9 Å². The lowest BCUT2D eigenvalue weighted by molar-refractivity contribution is -0.118. The number of nitrogens with zero attached hydrogens (tertiary/aromatic N) is 1. The number of hydrogen-bond acceptors (Lipinski definition) is 5. The Bertz CT molecular complexity index is 1130. The maximum atomic E-state index is 13.2. The number of ether oxygens (including phenoxy) is 3. The first-order valence-electron chi connectivity index (χ1n) is 12.8. The van der Waals surface area contributed by atoms with Crippen molar-refractivity contribution in [3.8, 4) is 5.75 Å². The summed E-state index contributed by atoms with van der Waals surface area (Å²) in [5.74, 6) is 2.68. The first-order chi connectivity index (χ1) is 17.9. The minimum absolute atomic E-state index is 0.152. The predicted molar refractivity (Wildman–Crippen MR) is 145 cm³/mol. The highest BCUT2D eigenvalue weighted by Gasteiger charge is 2.49. The number of allylic oxidation sites excluding steroid dienone is 4. The van der Waals surface area contributed by atoms with E-state index in [1.807, 2.05) is 35.2 Å². The lowest BCUT2D eigenvalue weighted by Crippen LogP contribution is -2.50. The van der Waals surface area contributed by atoms with Gasteiger partial charge in [-0.3, -0.25) is 10.2 Å². The van der Waals surface area contributed by atoms with Gasteiger partial charge in [0.1, 0.15) is 11.5 Å². The second-order valence-corrected chi connectivity index (χ2v) is 9.82. The van der Waals surface area contributed by atoms with Crippen molar-refractivity contribution in [1.29, 1.82) is 5.41 Å². The molecule has 2 N–H and O–H groups in total. The Morgan fingerprint density at radius 1 is 1.24 bits per heavy atom. The molecule has 0 spiro atoms. The van der Waals surface area contributed by atoms with Gasteiger partial charge in [0, 0.05) is 31.5 Å². The largest absolute Gasteiger partial charge is 0.501 e. The van der Waals surface area contributed by atoms with Gasteiger partial charge in [0.05, 0.1) is 25.6 Å². The topological polar surface area (TPSA) is 83.9 Å². The van der Waals surface area contributed by atoms with Crippen molar-refractivity contribution in [2.75, 3.05) is 33.9 Å². The molecule has 196 valence electrons. The molecule has 3 aliphatic rings. The highest BCUT2D eigenvalue weighted by Crippen LogP contribution is 2.56. The van der Waals surface area contributed by atoms with Crippen LogP contribution in [0.5, 0.6) is 5.75 Å². The van der Waals surface area contributed by atoms with Crippen LogP contribution in [0, 0.1) is 22.7 Å². The number of hydrogen-bond donors (Lipinski definition) is 2.